The number of hydrogen-bond acceptors (Lipinski definition) is 8. The van der Waals surface area contributed by atoms with Gasteiger partial charge in [-0.3, -0.25) is 19.5 Å². The second kappa shape index (κ2) is 10.0. The van der Waals surface area contributed by atoms with Gasteiger partial charge in [0.2, 0.25) is 0 Å². The lowest BCUT2D eigenvalue weighted by Crippen LogP contribution is -2.48. The van der Waals surface area contributed by atoms with Crippen molar-refractivity contribution in [3.8, 4) is 11.5 Å². The lowest BCUT2D eigenvalue weighted by molar-refractivity contribution is 0.0630. The summed E-state index contributed by atoms with van der Waals surface area (Å²) < 4.78 is 11.2. The molecule has 2 aromatic heterocycles. The molecule has 2 aliphatic heterocycles. The summed E-state index contributed by atoms with van der Waals surface area (Å²) in [6.07, 6.45) is 5.50. The van der Waals surface area contributed by atoms with E-state index in [4.69, 9.17) is 9.47 Å². The molecule has 1 aromatic carbocycles. The molecule has 0 unspecified atom stereocenters. The van der Waals surface area contributed by atoms with Crippen LogP contribution in [0.5, 0.6) is 11.5 Å². The minimum absolute atomic E-state index is 0.0906. The molecule has 4 heterocycles. The first-order chi connectivity index (χ1) is 17.1. The van der Waals surface area contributed by atoms with Crippen LogP contribution >= 0.6 is 11.3 Å². The maximum atomic E-state index is 13.4. The average molecular weight is 494 g/mol. The van der Waals surface area contributed by atoms with Crippen LogP contribution in [-0.2, 0) is 6.54 Å². The van der Waals surface area contributed by atoms with Gasteiger partial charge in [-0.15, -0.1) is 11.3 Å². The van der Waals surface area contributed by atoms with Crippen LogP contribution in [0.15, 0.2) is 39.4 Å². The second-order valence-electron chi connectivity index (χ2n) is 8.48. The van der Waals surface area contributed by atoms with Crippen molar-refractivity contribution in [3.05, 3.63) is 57.0 Å². The number of thiophene rings is 1. The number of hydrogen-bond donors (Lipinski definition) is 1. The lowest BCUT2D eigenvalue weighted by Gasteiger charge is -2.34. The normalized spacial score (nSPS) is 16.4. The number of rotatable bonds is 6. The number of aliphatic imine (C=N–C) groups is 1. The summed E-state index contributed by atoms with van der Waals surface area (Å²) in [6, 6.07) is 5.93. The number of H-pyrrole nitrogens is 1. The van der Waals surface area contributed by atoms with Crippen LogP contribution in [0, 0.1) is 0 Å². The summed E-state index contributed by atoms with van der Waals surface area (Å²) in [5.74, 6) is 1.73. The lowest BCUT2D eigenvalue weighted by atomic mass is 10.1. The Morgan fingerprint density at radius 1 is 1.11 bits per heavy atom. The van der Waals surface area contributed by atoms with E-state index in [2.05, 4.69) is 19.9 Å². The first kappa shape index (κ1) is 23.3. The number of nitrogens with one attached hydrogen (secondary N) is 1. The van der Waals surface area contributed by atoms with Crippen LogP contribution < -0.4 is 15.0 Å². The molecular formula is C25H27N5O4S. The number of carbonyl (C=O) groups excluding carboxylic acids is 1. The van der Waals surface area contributed by atoms with Crippen LogP contribution in [0.2, 0.25) is 0 Å². The van der Waals surface area contributed by atoms with E-state index >= 15 is 0 Å². The molecule has 35 heavy (non-hydrogen) atoms. The fraction of sp³-hybridized carbons (Fsp3) is 0.360. The molecule has 9 nitrogen and oxygen atoms in total. The van der Waals surface area contributed by atoms with Crippen molar-refractivity contribution >= 4 is 39.4 Å². The number of benzene rings is 1. The topological polar surface area (TPSA) is 100 Å². The number of allylic oxidation sites excluding steroid dienone is 1. The zero-order valence-corrected chi connectivity index (χ0v) is 20.6. The number of methoxy groups -OCH3 is 2. The van der Waals surface area contributed by atoms with Crippen LogP contribution in [-0.4, -0.2) is 72.3 Å². The number of nitrogens with zero attached hydrogens (tertiary/aromatic N) is 4. The van der Waals surface area contributed by atoms with E-state index in [0.29, 0.717) is 51.9 Å². The molecule has 3 aromatic rings. The largest absolute Gasteiger partial charge is 0.493 e. The van der Waals surface area contributed by atoms with Crippen LogP contribution in [0.4, 0.5) is 0 Å². The SMILES string of the molecule is COc1ccc(CN2CCN(C(=O)c3csc4c(=O)[nH]c(C5=CCCC=N5)nc34)CC2)cc1OC. The summed E-state index contributed by atoms with van der Waals surface area (Å²) in [5.41, 5.74) is 2.46. The third-order valence-corrected chi connectivity index (χ3v) is 7.25. The van der Waals surface area contributed by atoms with Crippen molar-refractivity contribution in [1.82, 2.24) is 19.8 Å². The summed E-state index contributed by atoms with van der Waals surface area (Å²) in [4.78, 5) is 42.0. The Balaban J connectivity index is 1.29. The van der Waals surface area contributed by atoms with E-state index in [9.17, 15) is 9.59 Å². The minimum Gasteiger partial charge on any atom is -0.493 e. The number of amides is 1. The Morgan fingerprint density at radius 3 is 2.63 bits per heavy atom. The van der Waals surface area contributed by atoms with Crippen molar-refractivity contribution in [2.45, 2.75) is 19.4 Å². The van der Waals surface area contributed by atoms with Gasteiger partial charge in [0.15, 0.2) is 17.3 Å². The van der Waals surface area contributed by atoms with Gasteiger partial charge in [0.05, 0.1) is 19.8 Å². The summed E-state index contributed by atoms with van der Waals surface area (Å²) >= 11 is 1.25. The van der Waals surface area contributed by atoms with E-state index in [1.165, 1.54) is 11.3 Å². The maximum absolute atomic E-state index is 13.4. The Kier molecular flexibility index (Phi) is 6.65. The van der Waals surface area contributed by atoms with Gasteiger partial charge in [-0.25, -0.2) is 4.98 Å². The van der Waals surface area contributed by atoms with E-state index in [0.717, 1.165) is 38.0 Å². The highest BCUT2D eigenvalue weighted by molar-refractivity contribution is 7.17. The molecule has 1 fully saturated rings. The highest BCUT2D eigenvalue weighted by Gasteiger charge is 2.26. The summed E-state index contributed by atoms with van der Waals surface area (Å²) in [5, 5.41) is 1.74. The van der Waals surface area contributed by atoms with Crippen molar-refractivity contribution in [2.24, 2.45) is 4.99 Å². The van der Waals surface area contributed by atoms with Crippen LogP contribution in [0.1, 0.15) is 34.6 Å². The third-order valence-electron chi connectivity index (χ3n) is 6.28. The zero-order chi connectivity index (χ0) is 24.4. The van der Waals surface area contributed by atoms with Gasteiger partial charge in [-0.2, -0.15) is 0 Å². The number of piperazine rings is 1. The highest BCUT2D eigenvalue weighted by Crippen LogP contribution is 2.29. The number of aromatic nitrogens is 2. The first-order valence-electron chi connectivity index (χ1n) is 11.5. The molecule has 0 spiro atoms. The van der Waals surface area contributed by atoms with E-state index < -0.39 is 0 Å². The van der Waals surface area contributed by atoms with Crippen molar-refractivity contribution < 1.29 is 14.3 Å². The molecule has 0 bridgehead atoms. The van der Waals surface area contributed by atoms with Gasteiger partial charge in [0.25, 0.3) is 11.5 Å². The third kappa shape index (κ3) is 4.71. The molecule has 10 heteroatoms. The standard InChI is InChI=1S/C25H27N5O4S/c1-33-19-7-6-16(13-20(19)34-2)14-29-9-11-30(12-10-29)25(32)17-15-35-22-21(17)27-23(28-24(22)31)18-5-3-4-8-26-18/h5-8,13,15H,3-4,9-12,14H2,1-2H3,(H,27,28,31). The van der Waals surface area contributed by atoms with Crippen molar-refractivity contribution in [3.63, 3.8) is 0 Å². The number of fused-ring (bicyclic) bond motifs is 1. The zero-order valence-electron chi connectivity index (χ0n) is 19.7. The van der Waals surface area contributed by atoms with Gasteiger partial charge in [-0.05, 0) is 30.5 Å². The van der Waals surface area contributed by atoms with Gasteiger partial charge < -0.3 is 19.4 Å². The average Bonchev–Trinajstić information content (AvgIpc) is 3.34. The molecule has 0 atom stereocenters. The van der Waals surface area contributed by atoms with Crippen LogP contribution in [0.3, 0.4) is 0 Å². The van der Waals surface area contributed by atoms with Crippen LogP contribution in [0.25, 0.3) is 15.9 Å². The number of aromatic amines is 1. The molecule has 1 N–H and O–H groups in total. The molecule has 2 aliphatic rings. The minimum atomic E-state index is -0.240. The Bertz CT molecular complexity index is 1370. The quantitative estimate of drug-likeness (QED) is 0.566. The molecule has 0 radical (unpaired) electrons. The fourth-order valence-corrected chi connectivity index (χ4v) is 5.26. The molecule has 0 aliphatic carbocycles. The highest BCUT2D eigenvalue weighted by atomic mass is 32.1. The van der Waals surface area contributed by atoms with Crippen molar-refractivity contribution in [2.75, 3.05) is 40.4 Å². The van der Waals surface area contributed by atoms with Gasteiger partial charge in [-0.1, -0.05) is 12.1 Å². The predicted molar refractivity (Wildman–Crippen MR) is 137 cm³/mol. The monoisotopic (exact) mass is 493 g/mol. The fourth-order valence-electron chi connectivity index (χ4n) is 4.39. The molecule has 5 rings (SSSR count). The molecule has 1 amide bonds. The maximum Gasteiger partial charge on any atom is 0.269 e. The number of ether oxygens (including phenoxy) is 2. The summed E-state index contributed by atoms with van der Waals surface area (Å²) in [7, 11) is 3.25. The van der Waals surface area contributed by atoms with Crippen molar-refractivity contribution in [1.29, 1.82) is 0 Å². The van der Waals surface area contributed by atoms with E-state index in [1.807, 2.05) is 35.4 Å². The van der Waals surface area contributed by atoms with E-state index in [-0.39, 0.29) is 11.5 Å². The Labute approximate surface area is 206 Å². The molecular weight excluding hydrogens is 466 g/mol. The summed E-state index contributed by atoms with van der Waals surface area (Å²) in [6.45, 7) is 3.48. The number of carbonyl (C=O) groups is 1. The van der Waals surface area contributed by atoms with Gasteiger partial charge in [0.1, 0.15) is 15.9 Å². The first-order valence-corrected chi connectivity index (χ1v) is 12.4. The Hall–Kier alpha value is -3.50. The molecule has 0 saturated carbocycles. The smallest absolute Gasteiger partial charge is 0.269 e. The second-order valence-corrected chi connectivity index (χ2v) is 9.36. The molecule has 182 valence electrons. The molecule has 1 saturated heterocycles. The van der Waals surface area contributed by atoms with E-state index in [1.54, 1.807) is 19.6 Å². The predicted octanol–water partition coefficient (Wildman–Crippen LogP) is 3.17. The Morgan fingerprint density at radius 2 is 1.91 bits per heavy atom. The van der Waals surface area contributed by atoms with Gasteiger partial charge in [0, 0.05) is 44.3 Å². The van der Waals surface area contributed by atoms with Gasteiger partial charge >= 0.3 is 0 Å².